The van der Waals surface area contributed by atoms with E-state index in [4.69, 9.17) is 24.7 Å². The van der Waals surface area contributed by atoms with Crippen LogP contribution in [-0.4, -0.2) is 127 Å². The van der Waals surface area contributed by atoms with Gasteiger partial charge >= 0.3 is 5.97 Å². The van der Waals surface area contributed by atoms with Gasteiger partial charge in [-0.1, -0.05) is 0 Å². The van der Waals surface area contributed by atoms with Gasteiger partial charge in [-0.15, -0.1) is 0 Å². The maximum absolute atomic E-state index is 12.2. The highest BCUT2D eigenvalue weighted by atomic mass is 32.1. The summed E-state index contributed by atoms with van der Waals surface area (Å²) in [7, 11) is 0. The average Bonchev–Trinajstić information content (AvgIpc) is 2.71. The minimum absolute atomic E-state index is 0.708. The molecule has 0 aromatic carbocycles. The number of carbonyl (C=O) groups is 1. The monoisotopic (exact) mass is 473 g/mol. The fourth-order valence-electron chi connectivity index (χ4n) is 3.13. The summed E-state index contributed by atoms with van der Waals surface area (Å²) in [5.41, 5.74) is 5.74. The van der Waals surface area contributed by atoms with Crippen molar-refractivity contribution in [1.82, 2.24) is 0 Å². The van der Waals surface area contributed by atoms with Crippen molar-refractivity contribution < 1.29 is 59.5 Å². The molecule has 0 saturated carbocycles. The molecule has 0 bridgehead atoms. The number of aliphatic hydroxyl groups excluding tert-OH is 7. The maximum atomic E-state index is 12.2. The van der Waals surface area contributed by atoms with Crippen molar-refractivity contribution in [2.75, 3.05) is 13.2 Å². The highest BCUT2D eigenvalue weighted by Gasteiger charge is 2.51. The van der Waals surface area contributed by atoms with Gasteiger partial charge in [-0.25, -0.2) is 0 Å². The van der Waals surface area contributed by atoms with Crippen LogP contribution in [-0.2, 0) is 23.7 Å². The van der Waals surface area contributed by atoms with Gasteiger partial charge in [0.25, 0.3) is 0 Å². The Morgan fingerprint density at radius 3 is 1.97 bits per heavy atom. The molecule has 0 aromatic heterocycles. The fourth-order valence-corrected chi connectivity index (χ4v) is 3.23. The van der Waals surface area contributed by atoms with E-state index < -0.39 is 91.4 Å². The molecule has 9 N–H and O–H groups in total. The normalized spacial score (nSPS) is 42.8. The quantitative estimate of drug-likeness (QED) is 0.125. The number of carbonyl (C=O) groups excluding carboxylic acids is 1. The van der Waals surface area contributed by atoms with Gasteiger partial charge in [0, 0.05) is 4.75 Å². The Hall–Kier alpha value is -0.620. The first-order valence-electron chi connectivity index (χ1n) is 9.60. The van der Waals surface area contributed by atoms with Crippen molar-refractivity contribution >= 4 is 18.6 Å². The average molecular weight is 473 g/mol. The number of esters is 1. The molecule has 2 aliphatic rings. The summed E-state index contributed by atoms with van der Waals surface area (Å²) in [4.78, 5) is 12.2. The minimum atomic E-state index is -1.84. The van der Waals surface area contributed by atoms with E-state index in [1.165, 1.54) is 0 Å². The highest BCUT2D eigenvalue weighted by molar-refractivity contribution is 7.81. The Balaban J connectivity index is 2.11. The van der Waals surface area contributed by atoms with Gasteiger partial charge in [-0.2, -0.15) is 12.6 Å². The summed E-state index contributed by atoms with van der Waals surface area (Å²) >= 11 is 4.18. The number of aliphatic hydroxyl groups is 7. The number of thiol groups is 1. The second-order valence-corrected chi connectivity index (χ2v) is 9.23. The van der Waals surface area contributed by atoms with Crippen molar-refractivity contribution in [1.29, 1.82) is 0 Å². The molecule has 13 nitrogen and oxygen atoms in total. The van der Waals surface area contributed by atoms with Crippen LogP contribution >= 0.6 is 12.6 Å². The summed E-state index contributed by atoms with van der Waals surface area (Å²) in [5, 5.41) is 69.5. The number of rotatable bonds is 7. The molecular formula is C17H31NO12S. The molecule has 2 saturated heterocycles. The van der Waals surface area contributed by atoms with Crippen LogP contribution in [0.2, 0.25) is 0 Å². The number of nitrogens with two attached hydrogens (primary N) is 1. The van der Waals surface area contributed by atoms with E-state index in [9.17, 15) is 40.5 Å². The summed E-state index contributed by atoms with van der Waals surface area (Å²) in [6.45, 7) is 1.66. The SMILES string of the molecule is CC(C)(S)[C@@H](N)C(=O)OC1O[C@H](CO)[C@@H](O[C@@H]2O[C@H](CO)[C@H](O)[C@H](O)[C@H]2O)[C@H](O)[C@H]1O. The lowest BCUT2D eigenvalue weighted by atomic mass is 9.97. The predicted molar refractivity (Wildman–Crippen MR) is 104 cm³/mol. The van der Waals surface area contributed by atoms with Crippen LogP contribution in [0.3, 0.4) is 0 Å². The molecular weight excluding hydrogens is 442 g/mol. The van der Waals surface area contributed by atoms with Gasteiger partial charge in [-0.05, 0) is 13.8 Å². The topological polar surface area (TPSA) is 222 Å². The van der Waals surface area contributed by atoms with Gasteiger partial charge in [-0.3, -0.25) is 4.79 Å². The third-order valence-corrected chi connectivity index (χ3v) is 5.49. The molecule has 2 rings (SSSR count). The molecule has 182 valence electrons. The van der Waals surface area contributed by atoms with Gasteiger partial charge < -0.3 is 60.4 Å². The molecule has 0 aromatic rings. The molecule has 0 spiro atoms. The first-order valence-corrected chi connectivity index (χ1v) is 10.0. The zero-order chi connectivity index (χ0) is 23.7. The van der Waals surface area contributed by atoms with Crippen molar-refractivity contribution in [2.45, 2.75) is 86.0 Å². The van der Waals surface area contributed by atoms with Gasteiger partial charge in [0.05, 0.1) is 13.2 Å². The number of ether oxygens (including phenoxy) is 4. The van der Waals surface area contributed by atoms with Gasteiger partial charge in [0.15, 0.2) is 6.29 Å². The van der Waals surface area contributed by atoms with Crippen LogP contribution in [0.4, 0.5) is 0 Å². The molecule has 2 aliphatic heterocycles. The summed E-state index contributed by atoms with van der Waals surface area (Å²) in [6, 6.07) is -1.19. The van der Waals surface area contributed by atoms with Crippen LogP contribution in [0.1, 0.15) is 13.8 Å². The van der Waals surface area contributed by atoms with E-state index in [1.807, 2.05) is 0 Å². The Bertz CT molecular complexity index is 602. The van der Waals surface area contributed by atoms with Crippen LogP contribution in [0.25, 0.3) is 0 Å². The van der Waals surface area contributed by atoms with Crippen LogP contribution in [0.5, 0.6) is 0 Å². The fraction of sp³-hybridized carbons (Fsp3) is 0.941. The van der Waals surface area contributed by atoms with Crippen molar-refractivity contribution in [2.24, 2.45) is 5.73 Å². The second-order valence-electron chi connectivity index (χ2n) is 8.07. The lowest BCUT2D eigenvalue weighted by Crippen LogP contribution is -2.65. The Morgan fingerprint density at radius 1 is 0.935 bits per heavy atom. The first kappa shape index (κ1) is 26.6. The standard InChI is InChI=1S/C17H31NO12S/c1-17(2,31)13(18)14(26)30-16-11(25)9(23)12(6(4-20)28-16)29-15-10(24)8(22)7(21)5(3-19)27-15/h5-13,15-16,19-25,31H,3-4,18H2,1-2H3/t5-,6-,7+,8+,9-,10-,11-,12-,13+,15+,16?/m1/s1. The maximum Gasteiger partial charge on any atom is 0.326 e. The first-order chi connectivity index (χ1) is 14.3. The van der Waals surface area contributed by atoms with E-state index >= 15 is 0 Å². The molecule has 0 aliphatic carbocycles. The predicted octanol–water partition coefficient (Wildman–Crippen LogP) is -4.81. The second kappa shape index (κ2) is 10.5. The van der Waals surface area contributed by atoms with Crippen LogP contribution in [0.15, 0.2) is 0 Å². The van der Waals surface area contributed by atoms with Crippen LogP contribution in [0, 0.1) is 0 Å². The molecule has 2 fully saturated rings. The zero-order valence-electron chi connectivity index (χ0n) is 17.0. The number of hydrogen-bond acceptors (Lipinski definition) is 14. The third-order valence-electron chi connectivity index (χ3n) is 5.21. The third kappa shape index (κ3) is 5.85. The smallest absolute Gasteiger partial charge is 0.326 e. The molecule has 2 heterocycles. The van der Waals surface area contributed by atoms with E-state index in [0.29, 0.717) is 0 Å². The van der Waals surface area contributed by atoms with E-state index in [0.717, 1.165) is 0 Å². The largest absolute Gasteiger partial charge is 0.432 e. The summed E-state index contributed by atoms with van der Waals surface area (Å²) in [6.07, 6.45) is -16.3. The van der Waals surface area contributed by atoms with E-state index in [2.05, 4.69) is 12.6 Å². The Morgan fingerprint density at radius 2 is 1.45 bits per heavy atom. The van der Waals surface area contributed by atoms with E-state index in [1.54, 1.807) is 13.8 Å². The Labute approximate surface area is 183 Å². The molecule has 14 heteroatoms. The molecule has 1 unspecified atom stereocenters. The van der Waals surface area contributed by atoms with Crippen molar-refractivity contribution in [3.8, 4) is 0 Å². The lowest BCUT2D eigenvalue weighted by molar-refractivity contribution is -0.356. The molecule has 0 radical (unpaired) electrons. The van der Waals surface area contributed by atoms with Crippen molar-refractivity contribution in [3.05, 3.63) is 0 Å². The Kier molecular flexibility index (Phi) is 9.06. The molecule has 11 atom stereocenters. The lowest BCUT2D eigenvalue weighted by Gasteiger charge is -2.45. The van der Waals surface area contributed by atoms with Crippen LogP contribution < -0.4 is 5.73 Å². The molecule has 31 heavy (non-hydrogen) atoms. The minimum Gasteiger partial charge on any atom is -0.432 e. The molecule has 0 amide bonds. The van der Waals surface area contributed by atoms with Crippen molar-refractivity contribution in [3.63, 3.8) is 0 Å². The van der Waals surface area contributed by atoms with Gasteiger partial charge in [0.1, 0.15) is 54.9 Å². The zero-order valence-corrected chi connectivity index (χ0v) is 17.9. The van der Waals surface area contributed by atoms with Gasteiger partial charge in [0.2, 0.25) is 6.29 Å². The summed E-state index contributed by atoms with van der Waals surface area (Å²) < 4.78 is 20.0. The number of hydrogen-bond donors (Lipinski definition) is 9. The van der Waals surface area contributed by atoms with E-state index in [-0.39, 0.29) is 0 Å². The highest BCUT2D eigenvalue weighted by Crippen LogP contribution is 2.30. The summed E-state index contributed by atoms with van der Waals surface area (Å²) in [5.74, 6) is -0.971.